The van der Waals surface area contributed by atoms with E-state index in [-0.39, 0.29) is 31.1 Å². The summed E-state index contributed by atoms with van der Waals surface area (Å²) < 4.78 is 16.9. The molecule has 0 saturated carbocycles. The zero-order valence-electron chi connectivity index (χ0n) is 49.6. The second-order valence-corrected chi connectivity index (χ2v) is 21.3. The van der Waals surface area contributed by atoms with Crippen molar-refractivity contribution in [2.45, 2.75) is 322 Å². The summed E-state index contributed by atoms with van der Waals surface area (Å²) >= 11 is 0. The first-order chi connectivity index (χ1) is 37.0. The maximum atomic E-state index is 12.9. The third-order valence-electron chi connectivity index (χ3n) is 13.9. The molecule has 0 aliphatic rings. The van der Waals surface area contributed by atoms with Crippen LogP contribution in [0.25, 0.3) is 0 Å². The second kappa shape index (κ2) is 63.1. The normalized spacial score (nSPS) is 12.6. The Morgan fingerprint density at radius 2 is 0.520 bits per heavy atom. The molecule has 432 valence electrons. The number of hydrogen-bond acceptors (Lipinski definition) is 6. The molecule has 0 saturated heterocycles. The van der Waals surface area contributed by atoms with Crippen molar-refractivity contribution in [2.24, 2.45) is 0 Å². The number of unbranched alkanes of at least 4 members (excludes halogenated alkanes) is 33. The highest BCUT2D eigenvalue weighted by atomic mass is 16.6. The highest BCUT2D eigenvalue weighted by molar-refractivity contribution is 5.71. The molecule has 0 heterocycles. The smallest absolute Gasteiger partial charge is 0.306 e. The Labute approximate surface area is 465 Å². The minimum absolute atomic E-state index is 0.0901. The molecule has 75 heavy (non-hydrogen) atoms. The van der Waals surface area contributed by atoms with E-state index in [9.17, 15) is 14.4 Å². The van der Waals surface area contributed by atoms with Crippen molar-refractivity contribution in [3.8, 4) is 0 Å². The van der Waals surface area contributed by atoms with E-state index in [4.69, 9.17) is 14.2 Å². The molecule has 0 aliphatic carbocycles. The van der Waals surface area contributed by atoms with E-state index in [1.807, 2.05) is 0 Å². The molecule has 0 radical (unpaired) electrons. The number of hydrogen-bond donors (Lipinski definition) is 0. The van der Waals surface area contributed by atoms with Crippen LogP contribution in [0, 0.1) is 0 Å². The van der Waals surface area contributed by atoms with Gasteiger partial charge in [-0.2, -0.15) is 0 Å². The van der Waals surface area contributed by atoms with Crippen molar-refractivity contribution in [1.82, 2.24) is 0 Å². The summed E-state index contributed by atoms with van der Waals surface area (Å²) in [6.45, 7) is 6.52. The predicted molar refractivity (Wildman–Crippen MR) is 325 cm³/mol. The minimum atomic E-state index is -0.796. The number of rotatable bonds is 58. The molecule has 1 unspecified atom stereocenters. The van der Waals surface area contributed by atoms with Gasteiger partial charge in [0.15, 0.2) is 6.10 Å². The van der Waals surface area contributed by atoms with Crippen LogP contribution in [0.15, 0.2) is 85.1 Å². The van der Waals surface area contributed by atoms with Crippen LogP contribution in [0.3, 0.4) is 0 Å². The maximum absolute atomic E-state index is 12.9. The van der Waals surface area contributed by atoms with Crippen LogP contribution in [0.2, 0.25) is 0 Å². The van der Waals surface area contributed by atoms with Crippen molar-refractivity contribution in [3.05, 3.63) is 85.1 Å². The molecular formula is C69H120O6. The van der Waals surface area contributed by atoms with Gasteiger partial charge < -0.3 is 14.2 Å². The van der Waals surface area contributed by atoms with E-state index in [2.05, 4.69) is 106 Å². The van der Waals surface area contributed by atoms with Crippen molar-refractivity contribution in [1.29, 1.82) is 0 Å². The number of allylic oxidation sites excluding steroid dienone is 14. The van der Waals surface area contributed by atoms with Gasteiger partial charge in [0.05, 0.1) is 0 Å². The quantitative estimate of drug-likeness (QED) is 0.0261. The van der Waals surface area contributed by atoms with Gasteiger partial charge in [0.25, 0.3) is 0 Å². The monoisotopic (exact) mass is 1040 g/mol. The molecule has 0 spiro atoms. The Hall–Kier alpha value is -3.41. The van der Waals surface area contributed by atoms with Gasteiger partial charge in [0, 0.05) is 19.3 Å². The van der Waals surface area contributed by atoms with Gasteiger partial charge >= 0.3 is 17.9 Å². The van der Waals surface area contributed by atoms with Gasteiger partial charge in [-0.1, -0.05) is 286 Å². The summed E-state index contributed by atoms with van der Waals surface area (Å²) in [6, 6.07) is 0. The number of esters is 3. The standard InChI is InChI=1S/C69H120O6/c1-4-7-10-13-16-19-22-25-28-31-33-34-36-38-41-44-47-50-53-56-59-62-68(71)74-65-66(64-73-67(70)61-58-55-52-49-46-43-40-37-30-27-24-21-18-15-12-9-6-3)75-69(72)63-60-57-54-51-48-45-42-39-35-32-29-26-23-20-17-14-11-8-5-2/h7,10,16,19,25,27-28,30,33-34,38,41,47,50,66H,4-6,8-9,11-15,17-18,20-24,26,29,31-32,35-37,39-40,42-46,48-49,51-65H2,1-3H3/b10-7-,19-16-,28-25-,30-27-,34-33-,41-38-,50-47-. The van der Waals surface area contributed by atoms with Crippen LogP contribution < -0.4 is 0 Å². The maximum Gasteiger partial charge on any atom is 0.306 e. The van der Waals surface area contributed by atoms with E-state index in [0.717, 1.165) is 96.3 Å². The minimum Gasteiger partial charge on any atom is -0.462 e. The molecule has 0 aromatic heterocycles. The number of ether oxygens (including phenoxy) is 3. The van der Waals surface area contributed by atoms with E-state index in [1.54, 1.807) is 0 Å². The van der Waals surface area contributed by atoms with E-state index < -0.39 is 6.10 Å². The molecule has 6 heteroatoms. The summed E-state index contributed by atoms with van der Waals surface area (Å²) in [4.78, 5) is 38.3. The van der Waals surface area contributed by atoms with Crippen LogP contribution in [0.1, 0.15) is 316 Å². The zero-order chi connectivity index (χ0) is 54.3. The lowest BCUT2D eigenvalue weighted by Crippen LogP contribution is -2.30. The molecule has 0 fully saturated rings. The fourth-order valence-electron chi connectivity index (χ4n) is 9.09. The average molecular weight is 1050 g/mol. The molecule has 1 atom stereocenters. The summed E-state index contributed by atoms with van der Waals surface area (Å²) in [7, 11) is 0. The van der Waals surface area contributed by atoms with Crippen LogP contribution in [-0.2, 0) is 28.6 Å². The zero-order valence-corrected chi connectivity index (χ0v) is 49.6. The van der Waals surface area contributed by atoms with Gasteiger partial charge in [-0.25, -0.2) is 0 Å². The third kappa shape index (κ3) is 61.3. The fourth-order valence-corrected chi connectivity index (χ4v) is 9.09. The molecule has 0 rings (SSSR count). The lowest BCUT2D eigenvalue weighted by molar-refractivity contribution is -0.167. The Kier molecular flexibility index (Phi) is 60.3. The lowest BCUT2D eigenvalue weighted by Gasteiger charge is -2.18. The molecule has 0 amide bonds. The summed E-state index contributed by atoms with van der Waals surface area (Å²) in [5.74, 6) is -0.924. The van der Waals surface area contributed by atoms with Crippen molar-refractivity contribution in [2.75, 3.05) is 13.2 Å². The van der Waals surface area contributed by atoms with Crippen molar-refractivity contribution >= 4 is 17.9 Å². The number of carbonyl (C=O) groups excluding carboxylic acids is 3. The van der Waals surface area contributed by atoms with Crippen molar-refractivity contribution in [3.63, 3.8) is 0 Å². The summed E-state index contributed by atoms with van der Waals surface area (Å²) in [5, 5.41) is 0. The molecule has 0 aromatic carbocycles. The van der Waals surface area contributed by atoms with Crippen LogP contribution in [0.5, 0.6) is 0 Å². The van der Waals surface area contributed by atoms with Crippen molar-refractivity contribution < 1.29 is 28.6 Å². The molecular weight excluding hydrogens is 925 g/mol. The van der Waals surface area contributed by atoms with Gasteiger partial charge in [0.1, 0.15) is 13.2 Å². The van der Waals surface area contributed by atoms with Gasteiger partial charge in [-0.15, -0.1) is 0 Å². The van der Waals surface area contributed by atoms with E-state index >= 15 is 0 Å². The molecule has 0 aliphatic heterocycles. The largest absolute Gasteiger partial charge is 0.462 e. The van der Waals surface area contributed by atoms with E-state index in [1.165, 1.54) is 180 Å². The highest BCUT2D eigenvalue weighted by Gasteiger charge is 2.19. The Morgan fingerprint density at radius 1 is 0.280 bits per heavy atom. The van der Waals surface area contributed by atoms with Crippen LogP contribution in [-0.4, -0.2) is 37.2 Å². The Balaban J connectivity index is 4.44. The molecule has 6 nitrogen and oxygen atoms in total. The molecule has 0 bridgehead atoms. The Morgan fingerprint density at radius 3 is 0.853 bits per heavy atom. The average Bonchev–Trinajstić information content (AvgIpc) is 3.41. The molecule has 0 N–H and O–H groups in total. The van der Waals surface area contributed by atoms with Gasteiger partial charge in [-0.3, -0.25) is 14.4 Å². The van der Waals surface area contributed by atoms with Gasteiger partial charge in [-0.05, 0) is 96.3 Å². The lowest BCUT2D eigenvalue weighted by atomic mass is 10.0. The molecule has 0 aromatic rings. The predicted octanol–water partition coefficient (Wildman–Crippen LogP) is 21.9. The number of carbonyl (C=O) groups is 3. The second-order valence-electron chi connectivity index (χ2n) is 21.3. The summed E-state index contributed by atoms with van der Waals surface area (Å²) in [5.41, 5.74) is 0. The fraction of sp³-hybridized carbons (Fsp3) is 0.754. The third-order valence-corrected chi connectivity index (χ3v) is 13.9. The van der Waals surface area contributed by atoms with Crippen LogP contribution >= 0.6 is 0 Å². The first-order valence-corrected chi connectivity index (χ1v) is 32.1. The topological polar surface area (TPSA) is 78.9 Å². The summed E-state index contributed by atoms with van der Waals surface area (Å²) in [6.07, 6.45) is 83.0. The van der Waals surface area contributed by atoms with Gasteiger partial charge in [0.2, 0.25) is 0 Å². The first kappa shape index (κ1) is 71.6. The highest BCUT2D eigenvalue weighted by Crippen LogP contribution is 2.17. The van der Waals surface area contributed by atoms with Crippen LogP contribution in [0.4, 0.5) is 0 Å². The Bertz CT molecular complexity index is 1430. The van der Waals surface area contributed by atoms with E-state index in [0.29, 0.717) is 19.3 Å². The first-order valence-electron chi connectivity index (χ1n) is 32.1. The SMILES string of the molecule is CC/C=C\C/C=C\C/C=C\C/C=C\C/C=C\C/C=C\CCCCC(=O)OCC(COC(=O)CCCCCCCCC/C=C\CCCCCCCC)OC(=O)CCCCCCCCCCCCCCCCCCCCC.